The summed E-state index contributed by atoms with van der Waals surface area (Å²) in [5.74, 6) is -0.0603. The Morgan fingerprint density at radius 3 is 2.51 bits per heavy atom. The summed E-state index contributed by atoms with van der Waals surface area (Å²) in [4.78, 5) is 27.9. The molecule has 0 saturated carbocycles. The van der Waals surface area contributed by atoms with E-state index in [1.165, 1.54) is 21.6 Å². The molecule has 0 spiro atoms. The molecular formula is C32H39NO4. The van der Waals surface area contributed by atoms with Crippen molar-refractivity contribution in [2.45, 2.75) is 71.8 Å². The number of fused-ring (bicyclic) bond motifs is 4. The molecule has 5 heteroatoms. The van der Waals surface area contributed by atoms with Gasteiger partial charge in [-0.15, -0.1) is 0 Å². The lowest BCUT2D eigenvalue weighted by Crippen LogP contribution is -2.34. The molecule has 2 heterocycles. The quantitative estimate of drug-likeness (QED) is 0.309. The van der Waals surface area contributed by atoms with E-state index in [4.69, 9.17) is 4.74 Å². The summed E-state index contributed by atoms with van der Waals surface area (Å²) in [6, 6.07) is 11.8. The average Bonchev–Trinajstić information content (AvgIpc) is 3.43. The van der Waals surface area contributed by atoms with Crippen LogP contribution in [0, 0.1) is 17.8 Å². The molecule has 5 rings (SSSR count). The lowest BCUT2D eigenvalue weighted by Gasteiger charge is -2.31. The molecule has 3 aliphatic rings. The number of aromatic hydroxyl groups is 1. The molecule has 1 N–H and O–H groups in total. The van der Waals surface area contributed by atoms with Crippen LogP contribution in [0.1, 0.15) is 71.3 Å². The highest BCUT2D eigenvalue weighted by Crippen LogP contribution is 2.50. The Balaban J connectivity index is 1.38. The third-order valence-electron chi connectivity index (χ3n) is 8.57. The van der Waals surface area contributed by atoms with E-state index < -0.39 is 0 Å². The van der Waals surface area contributed by atoms with E-state index in [1.54, 1.807) is 6.07 Å². The molecule has 5 nitrogen and oxygen atoms in total. The minimum absolute atomic E-state index is 0.0147. The monoisotopic (exact) mass is 501 g/mol. The molecule has 2 fully saturated rings. The fourth-order valence-corrected chi connectivity index (χ4v) is 6.88. The van der Waals surface area contributed by atoms with Crippen molar-refractivity contribution < 1.29 is 19.4 Å². The highest BCUT2D eigenvalue weighted by atomic mass is 16.5. The molecule has 2 aromatic carbocycles. The van der Waals surface area contributed by atoms with Gasteiger partial charge in [0, 0.05) is 17.8 Å². The molecule has 2 amide bonds. The van der Waals surface area contributed by atoms with Gasteiger partial charge < -0.3 is 9.84 Å². The number of phenols is 1. The van der Waals surface area contributed by atoms with Crippen molar-refractivity contribution in [3.05, 3.63) is 58.7 Å². The number of amides is 2. The zero-order valence-corrected chi connectivity index (χ0v) is 22.3. The van der Waals surface area contributed by atoms with Gasteiger partial charge in [-0.25, -0.2) is 0 Å². The number of carbonyl (C=O) groups excluding carboxylic acids is 2. The van der Waals surface area contributed by atoms with Crippen molar-refractivity contribution in [1.82, 2.24) is 4.90 Å². The molecule has 2 aliphatic heterocycles. The number of likely N-dealkylation sites (tertiary alicyclic amines) is 1. The van der Waals surface area contributed by atoms with Crippen molar-refractivity contribution in [2.75, 3.05) is 13.2 Å². The second-order valence-corrected chi connectivity index (χ2v) is 10.8. The average molecular weight is 502 g/mol. The van der Waals surface area contributed by atoms with Crippen molar-refractivity contribution in [2.24, 2.45) is 17.8 Å². The highest BCUT2D eigenvalue weighted by molar-refractivity contribution is 6.06. The number of allylic oxidation sites excluding steroid dienone is 2. The van der Waals surface area contributed by atoms with E-state index in [9.17, 15) is 14.7 Å². The van der Waals surface area contributed by atoms with Gasteiger partial charge in [0.25, 0.3) is 0 Å². The summed E-state index contributed by atoms with van der Waals surface area (Å²) in [6.07, 6.45) is 8.58. The maximum Gasteiger partial charge on any atom is 0.233 e. The Bertz CT molecular complexity index is 1260. The largest absolute Gasteiger partial charge is 0.507 e. The van der Waals surface area contributed by atoms with Gasteiger partial charge in [0.1, 0.15) is 5.75 Å². The number of rotatable bonds is 9. The first-order valence-corrected chi connectivity index (χ1v) is 14.1. The normalized spacial score (nSPS) is 25.8. The van der Waals surface area contributed by atoms with Crippen LogP contribution in [0.3, 0.4) is 0 Å². The van der Waals surface area contributed by atoms with E-state index in [0.717, 1.165) is 54.9 Å². The molecule has 2 saturated heterocycles. The van der Waals surface area contributed by atoms with Gasteiger partial charge >= 0.3 is 0 Å². The minimum Gasteiger partial charge on any atom is -0.507 e. The number of hydrogen-bond acceptors (Lipinski definition) is 4. The summed E-state index contributed by atoms with van der Waals surface area (Å²) in [5.41, 5.74) is 5.15. The number of hydrogen-bond donors (Lipinski definition) is 1. The Morgan fingerprint density at radius 1 is 1.00 bits per heavy atom. The first kappa shape index (κ1) is 25.7. The lowest BCUT2D eigenvalue weighted by molar-refractivity contribution is -0.140. The summed E-state index contributed by atoms with van der Waals surface area (Å²) >= 11 is 0. The van der Waals surface area contributed by atoms with Crippen LogP contribution in [-0.4, -0.2) is 41.1 Å². The molecule has 0 bridgehead atoms. The van der Waals surface area contributed by atoms with Crippen LogP contribution in [0.5, 0.6) is 5.75 Å². The van der Waals surface area contributed by atoms with E-state index in [1.807, 2.05) is 31.2 Å². The topological polar surface area (TPSA) is 66.8 Å². The lowest BCUT2D eigenvalue weighted by atomic mass is 9.69. The Labute approximate surface area is 220 Å². The zero-order valence-electron chi connectivity index (χ0n) is 22.3. The predicted molar refractivity (Wildman–Crippen MR) is 147 cm³/mol. The van der Waals surface area contributed by atoms with Crippen molar-refractivity contribution in [1.29, 1.82) is 0 Å². The van der Waals surface area contributed by atoms with Crippen molar-refractivity contribution in [3.63, 3.8) is 0 Å². The molecule has 37 heavy (non-hydrogen) atoms. The summed E-state index contributed by atoms with van der Waals surface area (Å²) < 4.78 is 6.38. The highest BCUT2D eigenvalue weighted by Gasteiger charge is 2.56. The van der Waals surface area contributed by atoms with Gasteiger partial charge in [0.05, 0.1) is 24.5 Å². The number of phenolic OH excluding ortho intramolecular Hbond substituents is 1. The SMILES string of the molecule is CCC/C(=C\c1ccc(O)c2ccccc12)CC[C@H]1OC[C@H]2C1=C(CC)C[C@H]1C(=O)N(CCC)C(=O)[C@H]12. The third kappa shape index (κ3) is 4.63. The van der Waals surface area contributed by atoms with Crippen LogP contribution in [0.15, 0.2) is 53.1 Å². The van der Waals surface area contributed by atoms with Crippen LogP contribution < -0.4 is 0 Å². The zero-order chi connectivity index (χ0) is 26.1. The second kappa shape index (κ2) is 10.8. The van der Waals surface area contributed by atoms with Crippen LogP contribution in [-0.2, 0) is 14.3 Å². The molecular weight excluding hydrogens is 462 g/mol. The van der Waals surface area contributed by atoms with Gasteiger partial charge in [-0.3, -0.25) is 14.5 Å². The molecule has 4 atom stereocenters. The summed E-state index contributed by atoms with van der Waals surface area (Å²) in [6.45, 7) is 7.45. The maximum absolute atomic E-state index is 13.3. The van der Waals surface area contributed by atoms with E-state index >= 15 is 0 Å². The van der Waals surface area contributed by atoms with E-state index in [0.29, 0.717) is 25.3 Å². The summed E-state index contributed by atoms with van der Waals surface area (Å²) in [7, 11) is 0. The predicted octanol–water partition coefficient (Wildman–Crippen LogP) is 6.65. The van der Waals surface area contributed by atoms with Crippen molar-refractivity contribution in [3.8, 4) is 5.75 Å². The van der Waals surface area contributed by atoms with Gasteiger partial charge in [-0.1, -0.05) is 74.7 Å². The van der Waals surface area contributed by atoms with E-state index in [-0.39, 0.29) is 35.7 Å². The van der Waals surface area contributed by atoms with Crippen LogP contribution in [0.4, 0.5) is 0 Å². The van der Waals surface area contributed by atoms with Crippen LogP contribution >= 0.6 is 0 Å². The molecule has 0 aromatic heterocycles. The first-order valence-electron chi connectivity index (χ1n) is 14.1. The Kier molecular flexibility index (Phi) is 7.52. The third-order valence-corrected chi connectivity index (χ3v) is 8.57. The number of nitrogens with zero attached hydrogens (tertiary/aromatic N) is 1. The number of carbonyl (C=O) groups is 2. The molecule has 0 radical (unpaired) electrons. The number of imide groups is 1. The van der Waals surface area contributed by atoms with Crippen LogP contribution in [0.2, 0.25) is 0 Å². The molecule has 2 aromatic rings. The van der Waals surface area contributed by atoms with Gasteiger partial charge in [-0.05, 0) is 61.1 Å². The fraction of sp³-hybridized carbons (Fsp3) is 0.500. The van der Waals surface area contributed by atoms with Crippen LogP contribution in [0.25, 0.3) is 16.8 Å². The standard InChI is InChI=1S/C32H39NO4/c1-4-9-20(17-22-13-14-27(34)24-11-8-7-10-23(22)24)12-15-28-29-21(6-3)18-25-30(26(29)19-37-28)32(36)33(16-5-2)31(25)35/h7-8,10-11,13-14,17,25-26,28,30,34H,4-6,9,12,15-16,18-19H2,1-3H3/b20-17+/t25-,26+,28-,30-/m1/s1. The summed E-state index contributed by atoms with van der Waals surface area (Å²) in [5, 5.41) is 12.2. The molecule has 0 unspecified atom stereocenters. The number of ether oxygens (including phenoxy) is 1. The Hall–Kier alpha value is -2.92. The minimum atomic E-state index is -0.247. The number of benzene rings is 2. The van der Waals surface area contributed by atoms with Gasteiger partial charge in [-0.2, -0.15) is 0 Å². The maximum atomic E-state index is 13.3. The van der Waals surface area contributed by atoms with Gasteiger partial charge in [0.2, 0.25) is 11.8 Å². The molecule has 196 valence electrons. The van der Waals surface area contributed by atoms with E-state index in [2.05, 4.69) is 26.0 Å². The smallest absolute Gasteiger partial charge is 0.233 e. The van der Waals surface area contributed by atoms with Crippen molar-refractivity contribution >= 4 is 28.7 Å². The Morgan fingerprint density at radius 2 is 1.78 bits per heavy atom. The molecule has 1 aliphatic carbocycles. The van der Waals surface area contributed by atoms with Gasteiger partial charge in [0.15, 0.2) is 0 Å². The fourth-order valence-electron chi connectivity index (χ4n) is 6.88. The first-order chi connectivity index (χ1) is 18.0. The second-order valence-electron chi connectivity index (χ2n) is 10.8.